The highest BCUT2D eigenvalue weighted by atomic mass is 32.2. The van der Waals surface area contributed by atoms with Crippen molar-refractivity contribution in [3.05, 3.63) is 24.3 Å². The molecule has 4 fully saturated rings. The van der Waals surface area contributed by atoms with Crippen LogP contribution in [0.25, 0.3) is 0 Å². The number of hydrogen-bond donors (Lipinski definition) is 1. The Kier molecular flexibility index (Phi) is 3.70. The molecule has 5 aliphatic rings. The van der Waals surface area contributed by atoms with Crippen LogP contribution in [0.4, 0.5) is 5.69 Å². The highest BCUT2D eigenvalue weighted by Gasteiger charge is 2.62. The highest BCUT2D eigenvalue weighted by molar-refractivity contribution is 8.01. The topological polar surface area (TPSA) is 29.1 Å². The van der Waals surface area contributed by atoms with Gasteiger partial charge in [-0.05, 0) is 85.7 Å². The Morgan fingerprint density at radius 1 is 1.07 bits per heavy atom. The van der Waals surface area contributed by atoms with Gasteiger partial charge in [0.25, 0.3) is 0 Å². The molecule has 4 aliphatic carbocycles. The van der Waals surface area contributed by atoms with Gasteiger partial charge in [0, 0.05) is 22.9 Å². The number of anilines is 1. The van der Waals surface area contributed by atoms with E-state index in [0.717, 1.165) is 12.3 Å². The SMILES string of the molecule is C[C@@]12CCC[C@H]1[C@@H]1CC[C@H]3CC4(CC[C@]3(C)[C@H]1C(=O)C2)Nc1ccccc1S4. The van der Waals surface area contributed by atoms with Crippen LogP contribution in [0.5, 0.6) is 0 Å². The van der Waals surface area contributed by atoms with Crippen LogP contribution in [0.2, 0.25) is 0 Å². The van der Waals surface area contributed by atoms with E-state index in [-0.39, 0.29) is 10.3 Å². The van der Waals surface area contributed by atoms with Gasteiger partial charge in [-0.1, -0.05) is 44.2 Å². The predicted molar refractivity (Wildman–Crippen MR) is 115 cm³/mol. The second kappa shape index (κ2) is 5.80. The Labute approximate surface area is 173 Å². The highest BCUT2D eigenvalue weighted by Crippen LogP contribution is 2.67. The first kappa shape index (κ1) is 17.9. The molecule has 0 saturated heterocycles. The van der Waals surface area contributed by atoms with Gasteiger partial charge in [0.15, 0.2) is 0 Å². The molecule has 1 N–H and O–H groups in total. The summed E-state index contributed by atoms with van der Waals surface area (Å²) in [4.78, 5) is 15.1. The van der Waals surface area contributed by atoms with Crippen LogP contribution in [0.1, 0.15) is 71.6 Å². The molecule has 150 valence electrons. The van der Waals surface area contributed by atoms with E-state index >= 15 is 0 Å². The lowest BCUT2D eigenvalue weighted by Crippen LogP contribution is -2.58. The van der Waals surface area contributed by atoms with Gasteiger partial charge < -0.3 is 5.32 Å². The molecule has 0 amide bonds. The van der Waals surface area contributed by atoms with Crippen LogP contribution in [0, 0.1) is 34.5 Å². The fraction of sp³-hybridized carbons (Fsp3) is 0.720. The van der Waals surface area contributed by atoms with Crippen molar-refractivity contribution in [2.45, 2.75) is 81.4 Å². The normalized spacial score (nSPS) is 49.1. The minimum Gasteiger partial charge on any atom is -0.369 e. The van der Waals surface area contributed by atoms with Crippen LogP contribution in [0.3, 0.4) is 0 Å². The number of thioether (sulfide) groups is 1. The molecule has 1 heterocycles. The van der Waals surface area contributed by atoms with Crippen molar-refractivity contribution in [1.29, 1.82) is 0 Å². The third kappa shape index (κ3) is 2.32. The molecule has 2 nitrogen and oxygen atoms in total. The Hall–Kier alpha value is -0.960. The number of fused-ring (bicyclic) bond motifs is 6. The zero-order chi connectivity index (χ0) is 19.1. The maximum atomic E-state index is 13.5. The van der Waals surface area contributed by atoms with Gasteiger partial charge in [-0.25, -0.2) is 0 Å². The van der Waals surface area contributed by atoms with E-state index in [9.17, 15) is 4.79 Å². The Morgan fingerprint density at radius 2 is 1.93 bits per heavy atom. The van der Waals surface area contributed by atoms with E-state index in [2.05, 4.69) is 55.2 Å². The average Bonchev–Trinajstić information content (AvgIpc) is 3.22. The summed E-state index contributed by atoms with van der Waals surface area (Å²) in [5, 5.41) is 3.90. The molecule has 1 aromatic rings. The quantitative estimate of drug-likeness (QED) is 0.543. The Morgan fingerprint density at radius 3 is 2.79 bits per heavy atom. The number of rotatable bonds is 0. The zero-order valence-electron chi connectivity index (χ0n) is 17.3. The lowest BCUT2D eigenvalue weighted by atomic mass is 9.44. The maximum Gasteiger partial charge on any atom is 0.137 e. The molecule has 7 atom stereocenters. The number of nitrogens with one attached hydrogen (secondary N) is 1. The summed E-state index contributed by atoms with van der Waals surface area (Å²) in [5.74, 6) is 3.14. The fourth-order valence-corrected chi connectivity index (χ4v) is 9.85. The van der Waals surface area contributed by atoms with Gasteiger partial charge in [0.2, 0.25) is 0 Å². The van der Waals surface area contributed by atoms with Crippen molar-refractivity contribution >= 4 is 23.2 Å². The van der Waals surface area contributed by atoms with E-state index in [1.54, 1.807) is 0 Å². The maximum absolute atomic E-state index is 13.5. The molecular formula is C25H33NOS. The van der Waals surface area contributed by atoms with Crippen LogP contribution in [0.15, 0.2) is 29.2 Å². The van der Waals surface area contributed by atoms with Crippen LogP contribution in [-0.4, -0.2) is 10.7 Å². The smallest absolute Gasteiger partial charge is 0.137 e. The van der Waals surface area contributed by atoms with Gasteiger partial charge >= 0.3 is 0 Å². The summed E-state index contributed by atoms with van der Waals surface area (Å²) in [6.45, 7) is 4.93. The van der Waals surface area contributed by atoms with Crippen LogP contribution in [-0.2, 0) is 4.79 Å². The number of benzene rings is 1. The third-order valence-electron chi connectivity index (χ3n) is 9.72. The molecule has 1 spiro atoms. The lowest BCUT2D eigenvalue weighted by Gasteiger charge is -2.60. The number of ketones is 1. The van der Waals surface area contributed by atoms with Crippen LogP contribution >= 0.6 is 11.8 Å². The summed E-state index contributed by atoms with van der Waals surface area (Å²) in [6.07, 6.45) is 11.1. The molecule has 0 aromatic heterocycles. The van der Waals surface area contributed by atoms with Gasteiger partial charge in [-0.3, -0.25) is 4.79 Å². The summed E-state index contributed by atoms with van der Waals surface area (Å²) in [6, 6.07) is 8.79. The van der Waals surface area contributed by atoms with Crippen molar-refractivity contribution in [3.8, 4) is 0 Å². The Balaban J connectivity index is 1.29. The van der Waals surface area contributed by atoms with E-state index in [0.29, 0.717) is 29.0 Å². The molecule has 6 rings (SSSR count). The van der Waals surface area contributed by atoms with Gasteiger partial charge in [-0.2, -0.15) is 0 Å². The van der Waals surface area contributed by atoms with E-state index in [4.69, 9.17) is 0 Å². The van der Waals surface area contributed by atoms with Crippen molar-refractivity contribution in [2.24, 2.45) is 34.5 Å². The Bertz CT molecular complexity index is 811. The first-order valence-corrected chi connectivity index (χ1v) is 12.3. The molecule has 3 heteroatoms. The molecule has 1 aromatic carbocycles. The molecular weight excluding hydrogens is 362 g/mol. The first-order valence-electron chi connectivity index (χ1n) is 11.5. The summed E-state index contributed by atoms with van der Waals surface area (Å²) >= 11 is 2.06. The molecule has 0 radical (unpaired) electrons. The summed E-state index contributed by atoms with van der Waals surface area (Å²) < 4.78 is 0. The lowest BCUT2D eigenvalue weighted by molar-refractivity contribution is -0.155. The summed E-state index contributed by atoms with van der Waals surface area (Å²) in [7, 11) is 0. The second-order valence-corrected chi connectivity index (χ2v) is 12.6. The minimum atomic E-state index is 0.167. The monoisotopic (exact) mass is 395 g/mol. The standard InChI is InChI=1S/C25H33NOS/c1-23-11-5-6-18(23)17-10-9-16-14-25(26-19-7-3-4-8-21(19)28-25)13-12-24(16,2)22(17)20(27)15-23/h3-4,7-8,16-18,22,26H,5-6,9-15H2,1-2H3/t16-,17-,18-,22+,23-,24-,25?/m0/s1. The number of carbonyl (C=O) groups excluding carboxylic acids is 1. The molecule has 0 bridgehead atoms. The van der Waals surface area contributed by atoms with E-state index in [1.165, 1.54) is 61.9 Å². The molecule has 4 saturated carbocycles. The summed E-state index contributed by atoms with van der Waals surface area (Å²) in [5.41, 5.74) is 1.87. The van der Waals surface area contributed by atoms with E-state index in [1.807, 2.05) is 0 Å². The number of carbonyl (C=O) groups is 1. The third-order valence-corrected chi connectivity index (χ3v) is 11.2. The van der Waals surface area contributed by atoms with Crippen molar-refractivity contribution in [1.82, 2.24) is 0 Å². The van der Waals surface area contributed by atoms with Gasteiger partial charge in [-0.15, -0.1) is 0 Å². The fourth-order valence-electron chi connectivity index (χ4n) is 8.40. The first-order chi connectivity index (χ1) is 13.4. The van der Waals surface area contributed by atoms with Gasteiger partial charge in [0.05, 0.1) is 4.87 Å². The molecule has 1 aliphatic heterocycles. The van der Waals surface area contributed by atoms with Crippen molar-refractivity contribution in [3.63, 3.8) is 0 Å². The zero-order valence-corrected chi connectivity index (χ0v) is 18.1. The van der Waals surface area contributed by atoms with Crippen molar-refractivity contribution in [2.75, 3.05) is 5.32 Å². The second-order valence-electron chi connectivity index (χ2n) is 11.1. The van der Waals surface area contributed by atoms with Gasteiger partial charge in [0.1, 0.15) is 5.78 Å². The van der Waals surface area contributed by atoms with Crippen LogP contribution < -0.4 is 5.32 Å². The number of Topliss-reactive ketones (excluding diaryl/α,β-unsaturated/α-hetero) is 1. The van der Waals surface area contributed by atoms with E-state index < -0.39 is 0 Å². The largest absolute Gasteiger partial charge is 0.369 e. The predicted octanol–water partition coefficient (Wildman–Crippen LogP) is 6.51. The molecule has 1 unspecified atom stereocenters. The van der Waals surface area contributed by atoms with Crippen molar-refractivity contribution < 1.29 is 4.79 Å². The number of para-hydroxylation sites is 1. The average molecular weight is 396 g/mol. The minimum absolute atomic E-state index is 0.167. The molecule has 28 heavy (non-hydrogen) atoms. The number of hydrogen-bond acceptors (Lipinski definition) is 3.